The first-order valence-corrected chi connectivity index (χ1v) is 8.09. The predicted octanol–water partition coefficient (Wildman–Crippen LogP) is 1.01. The maximum Gasteiger partial charge on any atom is 0.306 e. The molecule has 6 nitrogen and oxygen atoms in total. The van der Waals surface area contributed by atoms with Crippen LogP contribution >= 0.6 is 0 Å². The zero-order chi connectivity index (χ0) is 16.9. The molecule has 0 aromatic heterocycles. The predicted molar refractivity (Wildman–Crippen MR) is 81.2 cm³/mol. The van der Waals surface area contributed by atoms with E-state index < -0.39 is 30.5 Å². The third kappa shape index (κ3) is 4.91. The van der Waals surface area contributed by atoms with Gasteiger partial charge in [-0.15, -0.1) is 0 Å². The molecule has 0 bridgehead atoms. The number of aliphatic hydroxyl groups is 3. The Bertz CT molecular complexity index is 361. The Kier molecular flexibility index (Phi) is 7.25. The second-order valence-corrected chi connectivity index (χ2v) is 6.63. The van der Waals surface area contributed by atoms with E-state index in [0.717, 1.165) is 19.3 Å². The molecule has 1 heterocycles. The van der Waals surface area contributed by atoms with Gasteiger partial charge < -0.3 is 24.8 Å². The summed E-state index contributed by atoms with van der Waals surface area (Å²) < 4.78 is 10.6. The minimum absolute atomic E-state index is 0.0825. The molecule has 3 N–H and O–H groups in total. The van der Waals surface area contributed by atoms with E-state index in [2.05, 4.69) is 20.8 Å². The maximum atomic E-state index is 12.0. The van der Waals surface area contributed by atoms with Gasteiger partial charge in [0.25, 0.3) is 0 Å². The quantitative estimate of drug-likeness (QED) is 0.606. The van der Waals surface area contributed by atoms with Crippen molar-refractivity contribution in [2.24, 2.45) is 5.41 Å². The van der Waals surface area contributed by atoms with Gasteiger partial charge in [-0.25, -0.2) is 0 Å². The van der Waals surface area contributed by atoms with Gasteiger partial charge in [0.15, 0.2) is 0 Å². The number of hydrogen-bond donors (Lipinski definition) is 3. The fourth-order valence-electron chi connectivity index (χ4n) is 2.84. The normalized spacial score (nSPS) is 35.0. The average Bonchev–Trinajstić information content (AvgIpc) is 2.47. The second-order valence-electron chi connectivity index (χ2n) is 6.63. The van der Waals surface area contributed by atoms with Crippen LogP contribution in [0.25, 0.3) is 0 Å². The summed E-state index contributed by atoms with van der Waals surface area (Å²) in [6, 6.07) is 0. The first-order valence-electron chi connectivity index (χ1n) is 8.09. The molecule has 0 aromatic rings. The second kappa shape index (κ2) is 8.24. The lowest BCUT2D eigenvalue weighted by Crippen LogP contribution is -2.57. The van der Waals surface area contributed by atoms with Crippen molar-refractivity contribution in [3.63, 3.8) is 0 Å². The van der Waals surface area contributed by atoms with Crippen LogP contribution in [0.3, 0.4) is 0 Å². The van der Waals surface area contributed by atoms with Crippen LogP contribution in [0.15, 0.2) is 0 Å². The molecule has 6 heteroatoms. The molecule has 6 atom stereocenters. The number of hydrogen-bond acceptors (Lipinski definition) is 6. The number of carbonyl (C=O) groups excluding carboxylic acids is 1. The molecular formula is C16H30O6. The van der Waals surface area contributed by atoms with Crippen molar-refractivity contribution < 1.29 is 29.6 Å². The van der Waals surface area contributed by atoms with E-state index in [-0.39, 0.29) is 18.0 Å². The number of carbonyl (C=O) groups is 1. The lowest BCUT2D eigenvalue weighted by molar-refractivity contribution is -0.227. The summed E-state index contributed by atoms with van der Waals surface area (Å²) in [5.74, 6) is -0.332. The molecule has 0 radical (unpaired) electrons. The van der Waals surface area contributed by atoms with E-state index in [1.54, 1.807) is 6.92 Å². The Morgan fingerprint density at radius 2 is 1.82 bits per heavy atom. The molecule has 1 rings (SSSR count). The van der Waals surface area contributed by atoms with Gasteiger partial charge in [0.1, 0.15) is 31.0 Å². The maximum absolute atomic E-state index is 12.0. The van der Waals surface area contributed by atoms with E-state index in [0.29, 0.717) is 6.42 Å². The zero-order valence-corrected chi connectivity index (χ0v) is 14.0. The van der Waals surface area contributed by atoms with Gasteiger partial charge in [-0.1, -0.05) is 33.6 Å². The van der Waals surface area contributed by atoms with Crippen molar-refractivity contribution >= 4 is 5.97 Å². The van der Waals surface area contributed by atoms with Crippen LogP contribution in [0.1, 0.15) is 53.4 Å². The molecule has 0 spiro atoms. The van der Waals surface area contributed by atoms with Gasteiger partial charge in [0.2, 0.25) is 0 Å². The topological polar surface area (TPSA) is 96.2 Å². The first-order chi connectivity index (χ1) is 10.2. The van der Waals surface area contributed by atoms with E-state index in [1.807, 2.05) is 0 Å². The van der Waals surface area contributed by atoms with Crippen molar-refractivity contribution in [3.8, 4) is 0 Å². The highest BCUT2D eigenvalue weighted by molar-refractivity contribution is 5.70. The summed E-state index contributed by atoms with van der Waals surface area (Å²) in [5.41, 5.74) is -0.0825. The van der Waals surface area contributed by atoms with Crippen molar-refractivity contribution in [2.75, 3.05) is 6.61 Å². The smallest absolute Gasteiger partial charge is 0.306 e. The summed E-state index contributed by atoms with van der Waals surface area (Å²) >= 11 is 0. The van der Waals surface area contributed by atoms with Gasteiger partial charge in [-0.05, 0) is 18.8 Å². The summed E-state index contributed by atoms with van der Waals surface area (Å²) in [4.78, 5) is 12.0. The number of rotatable bonds is 7. The highest BCUT2D eigenvalue weighted by Gasteiger charge is 2.42. The summed E-state index contributed by atoms with van der Waals surface area (Å²) in [6.45, 7) is 7.67. The lowest BCUT2D eigenvalue weighted by Gasteiger charge is -2.39. The number of aliphatic hydroxyl groups excluding tert-OH is 3. The first kappa shape index (κ1) is 19.4. The molecule has 0 aliphatic carbocycles. The van der Waals surface area contributed by atoms with Gasteiger partial charge in [0.05, 0.1) is 12.5 Å². The van der Waals surface area contributed by atoms with E-state index >= 15 is 0 Å². The standard InChI is InChI=1S/C16H30O6/c1-5-7-16(4,6-2)8-12(17)21-9-11-14(19)15(20)13(18)10(3)22-11/h10-11,13-15,18-20H,5-9H2,1-4H3. The largest absolute Gasteiger partial charge is 0.463 e. The molecule has 130 valence electrons. The molecule has 0 saturated carbocycles. The lowest BCUT2D eigenvalue weighted by atomic mass is 9.80. The highest BCUT2D eigenvalue weighted by Crippen LogP contribution is 2.32. The molecule has 0 aromatic carbocycles. The molecule has 1 fully saturated rings. The van der Waals surface area contributed by atoms with Crippen molar-refractivity contribution in [1.29, 1.82) is 0 Å². The molecule has 1 aliphatic heterocycles. The Balaban J connectivity index is 2.50. The van der Waals surface area contributed by atoms with E-state index in [9.17, 15) is 20.1 Å². The van der Waals surface area contributed by atoms with Crippen LogP contribution in [0.2, 0.25) is 0 Å². The molecule has 22 heavy (non-hydrogen) atoms. The average molecular weight is 318 g/mol. The minimum Gasteiger partial charge on any atom is -0.463 e. The van der Waals surface area contributed by atoms with Crippen molar-refractivity contribution in [2.45, 2.75) is 83.9 Å². The highest BCUT2D eigenvalue weighted by atomic mass is 16.6. The van der Waals surface area contributed by atoms with Crippen LogP contribution in [0.4, 0.5) is 0 Å². The van der Waals surface area contributed by atoms with E-state index in [1.165, 1.54) is 0 Å². The fourth-order valence-corrected chi connectivity index (χ4v) is 2.84. The summed E-state index contributed by atoms with van der Waals surface area (Å²) in [6.07, 6.45) is -2.00. The van der Waals surface area contributed by atoms with Crippen molar-refractivity contribution in [1.82, 2.24) is 0 Å². The Morgan fingerprint density at radius 1 is 1.18 bits per heavy atom. The Morgan fingerprint density at radius 3 is 2.36 bits per heavy atom. The van der Waals surface area contributed by atoms with Gasteiger partial charge >= 0.3 is 5.97 Å². The molecule has 1 saturated heterocycles. The van der Waals surface area contributed by atoms with Crippen LogP contribution in [0, 0.1) is 5.41 Å². The third-order valence-corrected chi connectivity index (χ3v) is 4.64. The Labute approximate surface area is 132 Å². The van der Waals surface area contributed by atoms with Crippen LogP contribution in [-0.2, 0) is 14.3 Å². The van der Waals surface area contributed by atoms with Gasteiger partial charge in [-0.3, -0.25) is 4.79 Å². The monoisotopic (exact) mass is 318 g/mol. The van der Waals surface area contributed by atoms with Crippen molar-refractivity contribution in [3.05, 3.63) is 0 Å². The summed E-state index contributed by atoms with van der Waals surface area (Å²) in [5, 5.41) is 29.2. The van der Waals surface area contributed by atoms with Gasteiger partial charge in [0, 0.05) is 0 Å². The van der Waals surface area contributed by atoms with Crippen LogP contribution in [0.5, 0.6) is 0 Å². The SMILES string of the molecule is CCCC(C)(CC)CC(=O)OCC1OC(C)C(O)C(O)C1O. The fraction of sp³-hybridized carbons (Fsp3) is 0.938. The molecule has 1 aliphatic rings. The Hall–Kier alpha value is -0.690. The molecule has 0 amide bonds. The zero-order valence-electron chi connectivity index (χ0n) is 14.0. The molecular weight excluding hydrogens is 288 g/mol. The third-order valence-electron chi connectivity index (χ3n) is 4.64. The van der Waals surface area contributed by atoms with E-state index in [4.69, 9.17) is 9.47 Å². The van der Waals surface area contributed by atoms with Crippen LogP contribution < -0.4 is 0 Å². The number of esters is 1. The summed E-state index contributed by atoms with van der Waals surface area (Å²) in [7, 11) is 0. The van der Waals surface area contributed by atoms with Crippen LogP contribution in [-0.4, -0.2) is 58.4 Å². The molecule has 6 unspecified atom stereocenters. The van der Waals surface area contributed by atoms with Gasteiger partial charge in [-0.2, -0.15) is 0 Å². The number of ether oxygens (including phenoxy) is 2. The minimum atomic E-state index is -1.30.